The minimum Gasteiger partial charge on any atom is -0.352 e. The van der Waals surface area contributed by atoms with E-state index in [9.17, 15) is 4.39 Å². The molecule has 8 heteroatoms. The molecule has 0 aliphatic carbocycles. The van der Waals surface area contributed by atoms with Crippen LogP contribution in [-0.2, 0) is 6.54 Å². The standard InChI is InChI=1S/C18H24FN5S.HI/c1-3-15-12-23(8-9-25-15)18(20-2)22-11-14-4-5-17(16(19)10-14)24-7-6-21-13-24;/h4-7,10,13,15H,3,8-9,11-12H2,1-2H3,(H,20,22);1H. The number of halogens is 2. The fourth-order valence-corrected chi connectivity index (χ4v) is 4.12. The van der Waals surface area contributed by atoms with Crippen molar-refractivity contribution in [2.24, 2.45) is 4.99 Å². The molecule has 0 radical (unpaired) electrons. The van der Waals surface area contributed by atoms with Crippen molar-refractivity contribution in [3.05, 3.63) is 48.3 Å². The molecule has 0 saturated carbocycles. The largest absolute Gasteiger partial charge is 0.352 e. The van der Waals surface area contributed by atoms with Gasteiger partial charge in [0.2, 0.25) is 0 Å². The fourth-order valence-electron chi connectivity index (χ4n) is 2.94. The maximum absolute atomic E-state index is 14.4. The molecule has 1 saturated heterocycles. The van der Waals surface area contributed by atoms with Gasteiger partial charge in [-0.15, -0.1) is 24.0 Å². The summed E-state index contributed by atoms with van der Waals surface area (Å²) in [6, 6.07) is 5.28. The SMILES string of the molecule is CCC1CN(C(=NC)NCc2ccc(-n3ccnc3)c(F)c2)CCS1.I. The van der Waals surface area contributed by atoms with Crippen molar-refractivity contribution < 1.29 is 4.39 Å². The van der Waals surface area contributed by atoms with E-state index in [1.54, 1.807) is 42.5 Å². The zero-order valence-corrected chi connectivity index (χ0v) is 18.2. The van der Waals surface area contributed by atoms with E-state index in [1.807, 2.05) is 17.8 Å². The molecule has 3 rings (SSSR count). The van der Waals surface area contributed by atoms with Crippen LogP contribution in [0.15, 0.2) is 41.9 Å². The van der Waals surface area contributed by atoms with Crippen LogP contribution in [0.3, 0.4) is 0 Å². The number of hydrogen-bond donors (Lipinski definition) is 1. The normalized spacial score (nSPS) is 17.7. The fraction of sp³-hybridized carbons (Fsp3) is 0.444. The molecule has 1 N–H and O–H groups in total. The third-order valence-electron chi connectivity index (χ3n) is 4.35. The quantitative estimate of drug-likeness (QED) is 0.406. The highest BCUT2D eigenvalue weighted by molar-refractivity contribution is 14.0. The van der Waals surface area contributed by atoms with Gasteiger partial charge in [0.1, 0.15) is 5.82 Å². The number of aromatic nitrogens is 2. The molecular weight excluding hydrogens is 464 g/mol. The summed E-state index contributed by atoms with van der Waals surface area (Å²) in [4.78, 5) is 10.6. The van der Waals surface area contributed by atoms with Gasteiger partial charge in [0.25, 0.3) is 0 Å². The molecular formula is C18H25FIN5S. The minimum atomic E-state index is -0.257. The summed E-state index contributed by atoms with van der Waals surface area (Å²) >= 11 is 2.03. The minimum absolute atomic E-state index is 0. The molecule has 142 valence electrons. The van der Waals surface area contributed by atoms with Crippen molar-refractivity contribution >= 4 is 41.7 Å². The molecule has 2 heterocycles. The highest BCUT2D eigenvalue weighted by Gasteiger charge is 2.21. The molecule has 1 aliphatic rings. The highest BCUT2D eigenvalue weighted by atomic mass is 127. The number of hydrogen-bond acceptors (Lipinski definition) is 3. The summed E-state index contributed by atoms with van der Waals surface area (Å²) in [5.74, 6) is 1.75. The molecule has 1 unspecified atom stereocenters. The van der Waals surface area contributed by atoms with Crippen LogP contribution in [0.4, 0.5) is 4.39 Å². The van der Waals surface area contributed by atoms with Gasteiger partial charge in [-0.1, -0.05) is 13.0 Å². The topological polar surface area (TPSA) is 45.5 Å². The van der Waals surface area contributed by atoms with E-state index in [-0.39, 0.29) is 29.8 Å². The van der Waals surface area contributed by atoms with Crippen molar-refractivity contribution in [3.63, 3.8) is 0 Å². The predicted molar refractivity (Wildman–Crippen MR) is 117 cm³/mol. The Kier molecular flexibility index (Phi) is 8.20. The van der Waals surface area contributed by atoms with Crippen LogP contribution >= 0.6 is 35.7 Å². The summed E-state index contributed by atoms with van der Waals surface area (Å²) in [5, 5.41) is 4.01. The Bertz CT molecular complexity index is 722. The first-order chi connectivity index (χ1) is 12.2. The number of rotatable bonds is 4. The molecule has 1 aromatic heterocycles. The van der Waals surface area contributed by atoms with Gasteiger partial charge in [-0.2, -0.15) is 11.8 Å². The summed E-state index contributed by atoms with van der Waals surface area (Å²) in [6.45, 7) is 4.78. The van der Waals surface area contributed by atoms with Crippen LogP contribution in [0.25, 0.3) is 5.69 Å². The molecule has 1 fully saturated rings. The molecule has 1 aliphatic heterocycles. The molecule has 5 nitrogen and oxygen atoms in total. The number of thioether (sulfide) groups is 1. The Balaban J connectivity index is 0.00000243. The Labute approximate surface area is 175 Å². The lowest BCUT2D eigenvalue weighted by atomic mass is 10.2. The number of aliphatic imine (C=N–C) groups is 1. The van der Waals surface area contributed by atoms with E-state index in [0.717, 1.165) is 30.4 Å². The van der Waals surface area contributed by atoms with Gasteiger partial charge in [-0.3, -0.25) is 4.99 Å². The summed E-state index contributed by atoms with van der Waals surface area (Å²) in [5.41, 5.74) is 1.39. The Morgan fingerprint density at radius 3 is 2.96 bits per heavy atom. The first-order valence-corrected chi connectivity index (χ1v) is 9.60. The van der Waals surface area contributed by atoms with Crippen LogP contribution in [0, 0.1) is 5.82 Å². The summed E-state index contributed by atoms with van der Waals surface area (Å²) < 4.78 is 16.0. The van der Waals surface area contributed by atoms with Gasteiger partial charge in [-0.05, 0) is 24.1 Å². The molecule has 2 aromatic rings. The van der Waals surface area contributed by atoms with Crippen molar-refractivity contribution in [2.75, 3.05) is 25.9 Å². The number of guanidine groups is 1. The van der Waals surface area contributed by atoms with Crippen molar-refractivity contribution in [2.45, 2.75) is 25.1 Å². The van der Waals surface area contributed by atoms with E-state index in [1.165, 1.54) is 6.42 Å². The first-order valence-electron chi connectivity index (χ1n) is 8.55. The highest BCUT2D eigenvalue weighted by Crippen LogP contribution is 2.21. The molecule has 0 spiro atoms. The lowest BCUT2D eigenvalue weighted by Crippen LogP contribution is -2.47. The number of nitrogens with one attached hydrogen (secondary N) is 1. The predicted octanol–water partition coefficient (Wildman–Crippen LogP) is 3.53. The van der Waals surface area contributed by atoms with Gasteiger partial charge in [-0.25, -0.2) is 9.37 Å². The van der Waals surface area contributed by atoms with Crippen molar-refractivity contribution in [1.29, 1.82) is 0 Å². The molecule has 1 aromatic carbocycles. The third-order valence-corrected chi connectivity index (χ3v) is 5.72. The summed E-state index contributed by atoms with van der Waals surface area (Å²) in [6.07, 6.45) is 6.13. The van der Waals surface area contributed by atoms with Crippen LogP contribution < -0.4 is 5.32 Å². The van der Waals surface area contributed by atoms with Gasteiger partial charge >= 0.3 is 0 Å². The van der Waals surface area contributed by atoms with Crippen molar-refractivity contribution in [3.8, 4) is 5.69 Å². The Hall–Kier alpha value is -1.29. The van der Waals surface area contributed by atoms with Crippen LogP contribution in [-0.4, -0.2) is 51.6 Å². The van der Waals surface area contributed by atoms with Gasteiger partial charge in [0, 0.05) is 50.1 Å². The Morgan fingerprint density at radius 1 is 1.46 bits per heavy atom. The molecule has 0 bridgehead atoms. The van der Waals surface area contributed by atoms with Crippen LogP contribution in [0.2, 0.25) is 0 Å². The number of nitrogens with zero attached hydrogens (tertiary/aromatic N) is 4. The second-order valence-corrected chi connectivity index (χ2v) is 7.41. The zero-order chi connectivity index (χ0) is 17.6. The smallest absolute Gasteiger partial charge is 0.193 e. The second-order valence-electron chi connectivity index (χ2n) is 6.00. The zero-order valence-electron chi connectivity index (χ0n) is 15.1. The number of imidazole rings is 1. The maximum Gasteiger partial charge on any atom is 0.193 e. The van der Waals surface area contributed by atoms with Crippen LogP contribution in [0.1, 0.15) is 18.9 Å². The average molecular weight is 489 g/mol. The first kappa shape index (κ1) is 21.0. The van der Waals surface area contributed by atoms with E-state index in [0.29, 0.717) is 17.5 Å². The summed E-state index contributed by atoms with van der Waals surface area (Å²) in [7, 11) is 1.80. The monoisotopic (exact) mass is 489 g/mol. The van der Waals surface area contributed by atoms with Gasteiger partial charge in [0.15, 0.2) is 5.96 Å². The Morgan fingerprint density at radius 2 is 2.31 bits per heavy atom. The van der Waals surface area contributed by atoms with E-state index < -0.39 is 0 Å². The van der Waals surface area contributed by atoms with Gasteiger partial charge in [0.05, 0.1) is 12.0 Å². The molecule has 0 amide bonds. The number of benzene rings is 1. The molecule has 1 atom stereocenters. The molecule has 26 heavy (non-hydrogen) atoms. The van der Waals surface area contributed by atoms with E-state index in [2.05, 4.69) is 27.1 Å². The third kappa shape index (κ3) is 5.12. The lowest BCUT2D eigenvalue weighted by Gasteiger charge is -2.34. The van der Waals surface area contributed by atoms with Crippen LogP contribution in [0.5, 0.6) is 0 Å². The average Bonchev–Trinajstić information content (AvgIpc) is 3.17. The van der Waals surface area contributed by atoms with Crippen molar-refractivity contribution in [1.82, 2.24) is 19.8 Å². The van der Waals surface area contributed by atoms with E-state index >= 15 is 0 Å². The maximum atomic E-state index is 14.4. The van der Waals surface area contributed by atoms with Gasteiger partial charge < -0.3 is 14.8 Å². The van der Waals surface area contributed by atoms with E-state index in [4.69, 9.17) is 0 Å². The second kappa shape index (κ2) is 10.1. The lowest BCUT2D eigenvalue weighted by molar-refractivity contribution is 0.408.